The van der Waals surface area contributed by atoms with Gasteiger partial charge in [0.25, 0.3) is 0 Å². The van der Waals surface area contributed by atoms with E-state index >= 15 is 0 Å². The smallest absolute Gasteiger partial charge is 0.306 e. The third-order valence-electron chi connectivity index (χ3n) is 4.36. The van der Waals surface area contributed by atoms with Gasteiger partial charge in [-0.15, -0.1) is 0 Å². The van der Waals surface area contributed by atoms with Crippen LogP contribution in [0.2, 0.25) is 0 Å². The van der Waals surface area contributed by atoms with Crippen molar-refractivity contribution in [1.29, 1.82) is 0 Å². The summed E-state index contributed by atoms with van der Waals surface area (Å²) in [4.78, 5) is 17.2. The molecular weight excluding hydrogens is 398 g/mol. The van der Waals surface area contributed by atoms with E-state index in [1.54, 1.807) is 0 Å². The van der Waals surface area contributed by atoms with E-state index in [1.165, 1.54) is 83.5 Å². The van der Waals surface area contributed by atoms with Crippen LogP contribution >= 0.6 is 7.82 Å². The second-order valence-corrected chi connectivity index (χ2v) is 8.06. The molecule has 0 saturated heterocycles. The standard InChI is InChI=1S/C18H40NO4P.3Mg.6H/c1-2-3-4-5-6-7-8-9-10-11-12-13-14-15-16-17-18(19)23-24(20,21)22;;;;;;;;;/h18H,2-17,19H2,1H3,(H2,20,21,22);;;;;;;;;. The summed E-state index contributed by atoms with van der Waals surface area (Å²) in [6, 6.07) is 0. The van der Waals surface area contributed by atoms with E-state index in [2.05, 4.69) is 11.4 Å². The highest BCUT2D eigenvalue weighted by Crippen LogP contribution is 2.37. The van der Waals surface area contributed by atoms with Crippen LogP contribution in [0.5, 0.6) is 0 Å². The maximum atomic E-state index is 10.6. The van der Waals surface area contributed by atoms with Crippen molar-refractivity contribution < 1.29 is 18.9 Å². The van der Waals surface area contributed by atoms with Gasteiger partial charge in [-0.25, -0.2) is 4.57 Å². The Bertz CT molecular complexity index is 323. The summed E-state index contributed by atoms with van der Waals surface area (Å²) >= 11 is 0. The van der Waals surface area contributed by atoms with E-state index in [0.717, 1.165) is 12.8 Å². The molecule has 0 rings (SSSR count). The van der Waals surface area contributed by atoms with Gasteiger partial charge in [0.15, 0.2) is 0 Å². The first-order chi connectivity index (χ1) is 11.5. The van der Waals surface area contributed by atoms with Crippen molar-refractivity contribution >= 4 is 77.0 Å². The molecule has 0 aliphatic rings. The first-order valence-electron chi connectivity index (χ1n) is 9.95. The molecule has 0 bridgehead atoms. The van der Waals surface area contributed by atoms with E-state index < -0.39 is 14.1 Å². The molecule has 0 aromatic heterocycles. The van der Waals surface area contributed by atoms with Gasteiger partial charge >= 0.3 is 77.0 Å². The minimum atomic E-state index is -4.44. The fourth-order valence-electron chi connectivity index (χ4n) is 2.95. The molecule has 27 heavy (non-hydrogen) atoms. The fourth-order valence-corrected chi connectivity index (χ4v) is 3.40. The topological polar surface area (TPSA) is 92.8 Å². The lowest BCUT2D eigenvalue weighted by molar-refractivity contribution is 0.129. The van der Waals surface area contributed by atoms with E-state index in [-0.39, 0.29) is 69.2 Å². The zero-order valence-electron chi connectivity index (χ0n) is 15.6. The van der Waals surface area contributed by atoms with Crippen LogP contribution in [0.1, 0.15) is 110 Å². The predicted octanol–water partition coefficient (Wildman–Crippen LogP) is 2.89. The third-order valence-corrected chi connectivity index (χ3v) is 4.91. The molecule has 1 atom stereocenters. The SMILES string of the molecule is CCCCCCCCCCCCCCCCCC(N)OP(=O)(O)O.[MgH2].[MgH2].[MgH2]. The predicted molar refractivity (Wildman–Crippen MR) is 126 cm³/mol. The van der Waals surface area contributed by atoms with Gasteiger partial charge in [0, 0.05) is 0 Å². The summed E-state index contributed by atoms with van der Waals surface area (Å²) in [5.74, 6) is 0. The molecule has 1 unspecified atom stereocenters. The zero-order chi connectivity index (χ0) is 18.1. The quantitative estimate of drug-likeness (QED) is 0.131. The first-order valence-corrected chi connectivity index (χ1v) is 11.5. The summed E-state index contributed by atoms with van der Waals surface area (Å²) in [6.07, 6.45) is 19.1. The van der Waals surface area contributed by atoms with Crippen LogP contribution in [0.25, 0.3) is 0 Å². The van der Waals surface area contributed by atoms with Gasteiger partial charge in [-0.3, -0.25) is 4.52 Å². The first kappa shape index (κ1) is 36.7. The van der Waals surface area contributed by atoms with Crippen LogP contribution in [0.15, 0.2) is 0 Å². The van der Waals surface area contributed by atoms with Gasteiger partial charge in [0.1, 0.15) is 6.23 Å². The third kappa shape index (κ3) is 33.2. The Morgan fingerprint density at radius 2 is 1.00 bits per heavy atom. The molecule has 4 N–H and O–H groups in total. The normalized spacial score (nSPS) is 11.9. The Balaban J connectivity index is -0.000000882. The maximum absolute atomic E-state index is 10.6. The number of phosphoric acid groups is 1. The number of phosphoric ester groups is 1. The molecule has 0 spiro atoms. The maximum Gasteiger partial charge on any atom is 0.471 e. The average Bonchev–Trinajstić information content (AvgIpc) is 2.49. The fraction of sp³-hybridized carbons (Fsp3) is 1.00. The van der Waals surface area contributed by atoms with E-state index in [0.29, 0.717) is 6.42 Å². The van der Waals surface area contributed by atoms with Gasteiger partial charge in [0.2, 0.25) is 0 Å². The molecule has 0 aliphatic carbocycles. The molecule has 0 aliphatic heterocycles. The summed E-state index contributed by atoms with van der Waals surface area (Å²) in [5, 5.41) is 0. The van der Waals surface area contributed by atoms with Gasteiger partial charge in [-0.2, -0.15) is 0 Å². The summed E-state index contributed by atoms with van der Waals surface area (Å²) in [7, 11) is -4.44. The molecule has 158 valence electrons. The van der Waals surface area contributed by atoms with E-state index in [9.17, 15) is 4.57 Å². The second kappa shape index (κ2) is 26.4. The lowest BCUT2D eigenvalue weighted by Crippen LogP contribution is -2.22. The molecule has 0 fully saturated rings. The minimum Gasteiger partial charge on any atom is -0.306 e. The second-order valence-electron chi connectivity index (χ2n) is 6.87. The van der Waals surface area contributed by atoms with Crippen molar-refractivity contribution in [3.63, 3.8) is 0 Å². The van der Waals surface area contributed by atoms with Crippen molar-refractivity contribution in [2.24, 2.45) is 5.73 Å². The lowest BCUT2D eigenvalue weighted by Gasteiger charge is -2.12. The highest BCUT2D eigenvalue weighted by atomic mass is 31.2. The number of unbranched alkanes of at least 4 members (excludes halogenated alkanes) is 14. The van der Waals surface area contributed by atoms with Crippen LogP contribution in [0, 0.1) is 0 Å². The number of hydrogen-bond donors (Lipinski definition) is 3. The molecule has 0 aromatic carbocycles. The van der Waals surface area contributed by atoms with Crippen molar-refractivity contribution in [2.75, 3.05) is 0 Å². The molecule has 0 aromatic rings. The molecule has 0 amide bonds. The van der Waals surface area contributed by atoms with E-state index in [4.69, 9.17) is 15.5 Å². The van der Waals surface area contributed by atoms with Gasteiger partial charge in [0.05, 0.1) is 0 Å². The Morgan fingerprint density at radius 3 is 1.30 bits per heavy atom. The van der Waals surface area contributed by atoms with Gasteiger partial charge in [-0.05, 0) is 12.8 Å². The molecule has 0 heterocycles. The Labute approximate surface area is 215 Å². The average molecular weight is 444 g/mol. The monoisotopic (exact) mass is 443 g/mol. The van der Waals surface area contributed by atoms with Crippen LogP contribution in [0.4, 0.5) is 0 Å². The highest BCUT2D eigenvalue weighted by Gasteiger charge is 2.18. The molecule has 0 radical (unpaired) electrons. The van der Waals surface area contributed by atoms with Crippen LogP contribution < -0.4 is 5.73 Å². The van der Waals surface area contributed by atoms with E-state index in [1.807, 2.05) is 0 Å². The van der Waals surface area contributed by atoms with Crippen LogP contribution in [-0.4, -0.2) is 85.2 Å². The van der Waals surface area contributed by atoms with Crippen LogP contribution in [0.3, 0.4) is 0 Å². The van der Waals surface area contributed by atoms with Gasteiger partial charge in [-0.1, -0.05) is 96.8 Å². The minimum absolute atomic E-state index is 0. The molecule has 9 heteroatoms. The Kier molecular flexibility index (Phi) is 35.9. The Morgan fingerprint density at radius 1 is 0.704 bits per heavy atom. The summed E-state index contributed by atoms with van der Waals surface area (Å²) in [5.41, 5.74) is 5.50. The summed E-state index contributed by atoms with van der Waals surface area (Å²) in [6.45, 7) is 2.26. The van der Waals surface area contributed by atoms with Gasteiger partial charge < -0.3 is 15.5 Å². The highest BCUT2D eigenvalue weighted by molar-refractivity contribution is 7.46. The molecule has 5 nitrogen and oxygen atoms in total. The zero-order valence-corrected chi connectivity index (χ0v) is 16.5. The molecular formula is C18H46Mg3NO4P. The molecule has 0 saturated carbocycles. The number of rotatable bonds is 18. The number of nitrogens with two attached hydrogens (primary N) is 1. The largest absolute Gasteiger partial charge is 0.471 e. The number of hydrogen-bond acceptors (Lipinski definition) is 3. The van der Waals surface area contributed by atoms with Crippen molar-refractivity contribution in [3.8, 4) is 0 Å². The summed E-state index contributed by atoms with van der Waals surface area (Å²) < 4.78 is 15.0. The Hall–Kier alpha value is 2.37. The van der Waals surface area contributed by atoms with Crippen molar-refractivity contribution in [1.82, 2.24) is 0 Å². The van der Waals surface area contributed by atoms with Crippen molar-refractivity contribution in [3.05, 3.63) is 0 Å². The lowest BCUT2D eigenvalue weighted by atomic mass is 10.0. The van der Waals surface area contributed by atoms with Crippen LogP contribution in [-0.2, 0) is 9.09 Å². The van der Waals surface area contributed by atoms with Crippen molar-refractivity contribution in [2.45, 2.75) is 116 Å².